The lowest BCUT2D eigenvalue weighted by Crippen LogP contribution is -2.15. The van der Waals surface area contributed by atoms with E-state index >= 15 is 0 Å². The van der Waals surface area contributed by atoms with E-state index in [1.54, 1.807) is 12.3 Å². The van der Waals surface area contributed by atoms with Gasteiger partial charge < -0.3 is 5.73 Å². The Labute approximate surface area is 250 Å². The zero-order chi connectivity index (χ0) is 29.1. The first-order chi connectivity index (χ1) is 18.4. The van der Waals surface area contributed by atoms with Gasteiger partial charge in [-0.2, -0.15) is 0 Å². The van der Waals surface area contributed by atoms with Crippen LogP contribution in [0.4, 0.5) is 11.4 Å². The minimum atomic E-state index is -3.59. The molecular weight excluding hydrogens is 580 g/mol. The Morgan fingerprint density at radius 1 is 0.732 bits per heavy atom. The minimum Gasteiger partial charge on any atom is -0.398 e. The first-order valence-electron chi connectivity index (χ1n) is 12.1. The second-order valence-corrected chi connectivity index (χ2v) is 12.6. The second-order valence-electron chi connectivity index (χ2n) is 8.38. The fraction of sp³-hybridized carbons (Fsp3) is 0.267. The molecule has 0 bridgehead atoms. The molecule has 224 valence electrons. The van der Waals surface area contributed by atoms with Gasteiger partial charge in [0.05, 0.1) is 5.69 Å². The molecule has 0 radical (unpaired) electrons. The van der Waals surface area contributed by atoms with Gasteiger partial charge in [0.25, 0.3) is 19.1 Å². The number of nitrogens with one attached hydrogen (secondary N) is 1. The molecule has 0 atom stereocenters. The van der Waals surface area contributed by atoms with Gasteiger partial charge >= 0.3 is 0 Å². The molecule has 0 aliphatic rings. The molecule has 11 heteroatoms. The number of para-hydroxylation sites is 2. The number of halogens is 1. The van der Waals surface area contributed by atoms with Crippen LogP contribution in [-0.2, 0) is 31.9 Å². The summed E-state index contributed by atoms with van der Waals surface area (Å²) in [5.41, 5.74) is 11.7. The first-order valence-corrected chi connectivity index (χ1v) is 15.9. The van der Waals surface area contributed by atoms with E-state index < -0.39 is 19.1 Å². The molecule has 0 unspecified atom stereocenters. The monoisotopic (exact) mass is 620 g/mol. The van der Waals surface area contributed by atoms with Crippen molar-refractivity contribution in [1.82, 2.24) is 9.97 Å². The fourth-order valence-corrected chi connectivity index (χ4v) is 5.25. The number of anilines is 2. The summed E-state index contributed by atoms with van der Waals surface area (Å²) in [7, 11) is -2.18. The highest BCUT2D eigenvalue weighted by Gasteiger charge is 2.16. The Hall–Kier alpha value is -3.47. The van der Waals surface area contributed by atoms with Gasteiger partial charge in [-0.3, -0.25) is 14.7 Å². The Morgan fingerprint density at radius 3 is 1.63 bits per heavy atom. The van der Waals surface area contributed by atoms with Crippen molar-refractivity contribution in [3.8, 4) is 0 Å². The van der Waals surface area contributed by atoms with E-state index in [0.717, 1.165) is 29.7 Å². The van der Waals surface area contributed by atoms with Crippen LogP contribution < -0.4 is 10.5 Å². The third kappa shape index (κ3) is 11.5. The van der Waals surface area contributed by atoms with Crippen molar-refractivity contribution in [1.29, 1.82) is 0 Å². The summed E-state index contributed by atoms with van der Waals surface area (Å²) in [6.07, 6.45) is 7.35. The lowest BCUT2D eigenvalue weighted by atomic mass is 10.1. The number of sulfonamides is 1. The number of rotatable bonds is 6. The van der Waals surface area contributed by atoms with E-state index in [4.69, 9.17) is 16.4 Å². The van der Waals surface area contributed by atoms with Gasteiger partial charge in [-0.25, -0.2) is 16.8 Å². The molecule has 4 rings (SSSR count). The molecule has 3 N–H and O–H groups in total. The van der Waals surface area contributed by atoms with E-state index in [9.17, 15) is 16.8 Å². The Morgan fingerprint density at radius 2 is 1.22 bits per heavy atom. The Kier molecular flexibility index (Phi) is 15.9. The third-order valence-corrected chi connectivity index (χ3v) is 8.31. The zero-order valence-electron chi connectivity index (χ0n) is 22.3. The number of nitrogen functional groups attached to an aromatic ring is 1. The maximum absolute atomic E-state index is 12.3. The molecular formula is C30H41ClN4O4S2. The normalized spacial score (nSPS) is 10.4. The van der Waals surface area contributed by atoms with E-state index in [0.29, 0.717) is 5.69 Å². The van der Waals surface area contributed by atoms with E-state index in [-0.39, 0.29) is 24.6 Å². The van der Waals surface area contributed by atoms with Crippen LogP contribution >= 0.6 is 10.7 Å². The molecule has 0 aliphatic carbocycles. The maximum Gasteiger partial charge on any atom is 0.263 e. The van der Waals surface area contributed by atoms with Gasteiger partial charge in [-0.15, -0.1) is 0 Å². The van der Waals surface area contributed by atoms with Crippen LogP contribution in [0, 0.1) is 13.8 Å². The van der Waals surface area contributed by atoms with Gasteiger partial charge in [0.2, 0.25) is 0 Å². The average Bonchev–Trinajstić information content (AvgIpc) is 2.92. The number of aryl methyl sites for hydroxylation is 4. The summed E-state index contributed by atoms with van der Waals surface area (Å²) in [6, 6.07) is 17.9. The Balaban J connectivity index is 0.000000622. The van der Waals surface area contributed by atoms with E-state index in [1.807, 2.05) is 51.1 Å². The number of aromatic nitrogens is 2. The predicted octanol–water partition coefficient (Wildman–Crippen LogP) is 7.17. The quantitative estimate of drug-likeness (QED) is 0.172. The molecule has 2 aromatic carbocycles. The Bertz CT molecular complexity index is 1570. The predicted molar refractivity (Wildman–Crippen MR) is 171 cm³/mol. The van der Waals surface area contributed by atoms with Gasteiger partial charge in [0.15, 0.2) is 0 Å². The first kappa shape index (κ1) is 37.5. The van der Waals surface area contributed by atoms with Gasteiger partial charge in [-0.05, 0) is 73.2 Å². The maximum atomic E-state index is 12.3. The molecule has 2 aromatic heterocycles. The van der Waals surface area contributed by atoms with Crippen LogP contribution in [0.2, 0.25) is 0 Å². The van der Waals surface area contributed by atoms with Crippen molar-refractivity contribution in [2.24, 2.45) is 0 Å². The highest BCUT2D eigenvalue weighted by atomic mass is 35.7. The van der Waals surface area contributed by atoms with Crippen LogP contribution in [0.1, 0.15) is 51.0 Å². The number of benzene rings is 2. The van der Waals surface area contributed by atoms with Crippen LogP contribution in [0.25, 0.3) is 0 Å². The van der Waals surface area contributed by atoms with Crippen LogP contribution in [0.5, 0.6) is 0 Å². The van der Waals surface area contributed by atoms with Crippen molar-refractivity contribution < 1.29 is 16.8 Å². The number of hydrogen-bond acceptors (Lipinski definition) is 7. The van der Waals surface area contributed by atoms with Crippen molar-refractivity contribution in [3.63, 3.8) is 0 Å². The van der Waals surface area contributed by atoms with Crippen molar-refractivity contribution in [3.05, 3.63) is 108 Å². The standard InChI is InChI=1S/C14H16N2O2S.C9H13N.C5H4ClNO2S.2CH4/c1-3-12-7-4-6-11(2)14(12)16-19(17,18)13-8-5-9-15-10-13;1-3-8-6-4-5-7(2)9(8)10;6-10(8,9)5-2-1-3-7-4-5;;/h4-10,16H,3H2,1-2H3;4-6H,3,10H2,1-2H3;1-4H;2*1H4. The summed E-state index contributed by atoms with van der Waals surface area (Å²) in [4.78, 5) is 7.62. The van der Waals surface area contributed by atoms with Crippen LogP contribution in [0.15, 0.2) is 95.2 Å². The summed E-state index contributed by atoms with van der Waals surface area (Å²) >= 11 is 0. The fourth-order valence-electron chi connectivity index (χ4n) is 3.41. The smallest absolute Gasteiger partial charge is 0.263 e. The van der Waals surface area contributed by atoms with Crippen LogP contribution in [0.3, 0.4) is 0 Å². The summed E-state index contributed by atoms with van der Waals surface area (Å²) in [5.74, 6) is 0. The largest absolute Gasteiger partial charge is 0.398 e. The number of pyridine rings is 2. The molecule has 0 spiro atoms. The topological polar surface area (TPSA) is 132 Å². The molecule has 0 saturated carbocycles. The van der Waals surface area contributed by atoms with Crippen LogP contribution in [-0.4, -0.2) is 26.8 Å². The van der Waals surface area contributed by atoms with Gasteiger partial charge in [0.1, 0.15) is 9.79 Å². The molecule has 0 amide bonds. The molecule has 2 heterocycles. The van der Waals surface area contributed by atoms with Gasteiger partial charge in [0, 0.05) is 41.2 Å². The highest BCUT2D eigenvalue weighted by molar-refractivity contribution is 8.13. The third-order valence-electron chi connectivity index (χ3n) is 5.63. The molecule has 41 heavy (non-hydrogen) atoms. The number of hydrogen-bond donors (Lipinski definition) is 2. The number of nitrogens with two attached hydrogens (primary N) is 1. The lowest BCUT2D eigenvalue weighted by molar-refractivity contribution is 0.600. The zero-order valence-corrected chi connectivity index (χ0v) is 24.7. The van der Waals surface area contributed by atoms with E-state index in [2.05, 4.69) is 27.7 Å². The van der Waals surface area contributed by atoms with E-state index in [1.165, 1.54) is 47.9 Å². The minimum absolute atomic E-state index is 0. The van der Waals surface area contributed by atoms with Gasteiger partial charge in [-0.1, -0.05) is 65.1 Å². The lowest BCUT2D eigenvalue weighted by Gasteiger charge is -2.14. The molecule has 0 fully saturated rings. The molecule has 4 aromatic rings. The SMILES string of the molecule is C.C.CCc1cccc(C)c1N.CCc1cccc(C)c1NS(=O)(=O)c1cccnc1.O=S(=O)(Cl)c1cccnc1. The average molecular weight is 621 g/mol. The second kappa shape index (κ2) is 17.4. The summed E-state index contributed by atoms with van der Waals surface area (Å²) in [5, 5.41) is 0. The van der Waals surface area contributed by atoms with Crippen molar-refractivity contribution >= 4 is 41.1 Å². The molecule has 8 nitrogen and oxygen atoms in total. The number of nitrogens with zero attached hydrogens (tertiary/aromatic N) is 2. The summed E-state index contributed by atoms with van der Waals surface area (Å²) in [6.45, 7) is 8.04. The van der Waals surface area contributed by atoms with Crippen molar-refractivity contribution in [2.45, 2.75) is 65.2 Å². The molecule has 0 saturated heterocycles. The van der Waals surface area contributed by atoms with Crippen molar-refractivity contribution in [2.75, 3.05) is 10.5 Å². The summed E-state index contributed by atoms with van der Waals surface area (Å²) < 4.78 is 48.3. The molecule has 0 aliphatic heterocycles. The highest BCUT2D eigenvalue weighted by Crippen LogP contribution is 2.24.